The van der Waals surface area contributed by atoms with Crippen LogP contribution in [0.5, 0.6) is 0 Å². The summed E-state index contributed by atoms with van der Waals surface area (Å²) in [5.74, 6) is 5.20. The molecule has 3 N–H and O–H groups in total. The minimum absolute atomic E-state index is 0.241. The lowest BCUT2D eigenvalue weighted by atomic mass is 10.1. The summed E-state index contributed by atoms with van der Waals surface area (Å²) in [4.78, 5) is 17.8. The molecule has 1 aromatic carbocycles. The molecule has 21 heavy (non-hydrogen) atoms. The topological polar surface area (TPSA) is 95.0 Å². The molecular weight excluding hydrogens is 290 g/mol. The highest BCUT2D eigenvalue weighted by atomic mass is 35.5. The molecular formula is C14H12ClN5O. The standard InChI is InChI=1S/C14H12ClN5O/c1-20(12-5-3-2-4-9(12)7-16)14(21)10-6-11(15)13(19-17)18-8-10/h2-6,8H,17H2,1H3,(H,18,19). The number of carbonyl (C=O) groups excluding carboxylic acids is 1. The Hall–Kier alpha value is -2.62. The number of anilines is 2. The van der Waals surface area contributed by atoms with Crippen molar-refractivity contribution >= 4 is 29.0 Å². The van der Waals surface area contributed by atoms with E-state index in [2.05, 4.69) is 16.5 Å². The smallest absolute Gasteiger partial charge is 0.259 e. The molecule has 1 amide bonds. The lowest BCUT2D eigenvalue weighted by Gasteiger charge is -2.18. The summed E-state index contributed by atoms with van der Waals surface area (Å²) in [6.07, 6.45) is 1.37. The molecule has 6 nitrogen and oxygen atoms in total. The second kappa shape index (κ2) is 6.22. The number of nitrogens with zero attached hydrogens (tertiary/aromatic N) is 3. The lowest BCUT2D eigenvalue weighted by molar-refractivity contribution is 0.0992. The van der Waals surface area contributed by atoms with E-state index in [-0.39, 0.29) is 16.7 Å². The fourth-order valence-corrected chi connectivity index (χ4v) is 2.05. The molecule has 0 unspecified atom stereocenters. The summed E-state index contributed by atoms with van der Waals surface area (Å²) in [5, 5.41) is 9.33. The highest BCUT2D eigenvalue weighted by Gasteiger charge is 2.17. The number of nitrogens with two attached hydrogens (primary N) is 1. The van der Waals surface area contributed by atoms with Gasteiger partial charge in [-0.3, -0.25) is 4.79 Å². The fourth-order valence-electron chi connectivity index (χ4n) is 1.82. The molecule has 2 rings (SSSR count). The number of halogens is 1. The van der Waals surface area contributed by atoms with Crippen LogP contribution in [0.3, 0.4) is 0 Å². The average molecular weight is 302 g/mol. The van der Waals surface area contributed by atoms with E-state index in [4.69, 9.17) is 22.7 Å². The van der Waals surface area contributed by atoms with Crippen LogP contribution in [0.15, 0.2) is 36.5 Å². The van der Waals surface area contributed by atoms with Crippen molar-refractivity contribution in [2.45, 2.75) is 0 Å². The van der Waals surface area contributed by atoms with Gasteiger partial charge in [-0.2, -0.15) is 5.26 Å². The Bertz CT molecular complexity index is 726. The molecule has 0 radical (unpaired) electrons. The van der Waals surface area contributed by atoms with Crippen molar-refractivity contribution in [3.63, 3.8) is 0 Å². The van der Waals surface area contributed by atoms with Gasteiger partial charge in [0.2, 0.25) is 0 Å². The van der Waals surface area contributed by atoms with E-state index >= 15 is 0 Å². The van der Waals surface area contributed by atoms with Crippen LogP contribution < -0.4 is 16.2 Å². The van der Waals surface area contributed by atoms with E-state index in [9.17, 15) is 4.79 Å². The second-order valence-corrected chi connectivity index (χ2v) is 4.60. The first-order chi connectivity index (χ1) is 10.1. The van der Waals surface area contributed by atoms with Crippen LogP contribution in [-0.2, 0) is 0 Å². The van der Waals surface area contributed by atoms with Gasteiger partial charge in [0.25, 0.3) is 5.91 Å². The van der Waals surface area contributed by atoms with Gasteiger partial charge in [0.05, 0.1) is 21.8 Å². The normalized spacial score (nSPS) is 9.81. The molecule has 2 aromatic rings. The molecule has 0 fully saturated rings. The highest BCUT2D eigenvalue weighted by Crippen LogP contribution is 2.23. The zero-order chi connectivity index (χ0) is 15.4. The van der Waals surface area contributed by atoms with Crippen molar-refractivity contribution in [3.05, 3.63) is 52.7 Å². The molecule has 1 heterocycles. The summed E-state index contributed by atoms with van der Waals surface area (Å²) >= 11 is 5.95. The number of nitrogens with one attached hydrogen (secondary N) is 1. The lowest BCUT2D eigenvalue weighted by Crippen LogP contribution is -2.27. The van der Waals surface area contributed by atoms with Crippen molar-refractivity contribution in [2.24, 2.45) is 5.84 Å². The summed E-state index contributed by atoms with van der Waals surface area (Å²) in [7, 11) is 1.58. The first-order valence-corrected chi connectivity index (χ1v) is 6.35. The van der Waals surface area contributed by atoms with Crippen LogP contribution in [0.25, 0.3) is 0 Å². The fraction of sp³-hybridized carbons (Fsp3) is 0.0714. The second-order valence-electron chi connectivity index (χ2n) is 4.19. The van der Waals surface area contributed by atoms with E-state index < -0.39 is 0 Å². The molecule has 0 saturated carbocycles. The van der Waals surface area contributed by atoms with Crippen LogP contribution in [0.1, 0.15) is 15.9 Å². The summed E-state index contributed by atoms with van der Waals surface area (Å²) in [6, 6.07) is 10.4. The molecule has 0 atom stereocenters. The Balaban J connectivity index is 2.36. The minimum Gasteiger partial charge on any atom is -0.310 e. The van der Waals surface area contributed by atoms with Gasteiger partial charge in [0, 0.05) is 13.2 Å². The molecule has 1 aromatic heterocycles. The maximum absolute atomic E-state index is 12.4. The summed E-state index contributed by atoms with van der Waals surface area (Å²) in [5.41, 5.74) is 3.56. The van der Waals surface area contributed by atoms with Crippen LogP contribution in [-0.4, -0.2) is 17.9 Å². The Morgan fingerprint density at radius 3 is 2.81 bits per heavy atom. The maximum atomic E-state index is 12.4. The van der Waals surface area contributed by atoms with Gasteiger partial charge < -0.3 is 10.3 Å². The SMILES string of the molecule is CN(C(=O)c1cnc(NN)c(Cl)c1)c1ccccc1C#N. The predicted molar refractivity (Wildman–Crippen MR) is 80.9 cm³/mol. The first kappa shape index (κ1) is 14.8. The number of para-hydroxylation sites is 1. The molecule has 7 heteroatoms. The third kappa shape index (κ3) is 2.94. The zero-order valence-corrected chi connectivity index (χ0v) is 11.9. The Kier molecular flexibility index (Phi) is 4.38. The van der Waals surface area contributed by atoms with Crippen molar-refractivity contribution in [2.75, 3.05) is 17.4 Å². The molecule has 0 aliphatic heterocycles. The van der Waals surface area contributed by atoms with Gasteiger partial charge in [-0.25, -0.2) is 10.8 Å². The van der Waals surface area contributed by atoms with Gasteiger partial charge in [-0.05, 0) is 18.2 Å². The monoisotopic (exact) mass is 301 g/mol. The number of benzene rings is 1. The number of hydrogen-bond donors (Lipinski definition) is 2. The Morgan fingerprint density at radius 2 is 2.19 bits per heavy atom. The number of rotatable bonds is 3. The van der Waals surface area contributed by atoms with Gasteiger partial charge in [-0.15, -0.1) is 0 Å². The predicted octanol–water partition coefficient (Wildman–Crippen LogP) is 2.17. The van der Waals surface area contributed by atoms with Crippen LogP contribution in [0, 0.1) is 11.3 Å². The van der Waals surface area contributed by atoms with Gasteiger partial charge in [0.15, 0.2) is 5.82 Å². The van der Waals surface area contributed by atoms with Crippen molar-refractivity contribution in [1.29, 1.82) is 5.26 Å². The van der Waals surface area contributed by atoms with E-state index in [0.29, 0.717) is 16.8 Å². The summed E-state index contributed by atoms with van der Waals surface area (Å²) in [6.45, 7) is 0. The Labute approximate surface area is 126 Å². The van der Waals surface area contributed by atoms with E-state index in [1.54, 1.807) is 31.3 Å². The van der Waals surface area contributed by atoms with Gasteiger partial charge in [-0.1, -0.05) is 23.7 Å². The third-order valence-corrected chi connectivity index (χ3v) is 3.20. The molecule has 0 bridgehead atoms. The molecule has 0 aliphatic rings. The van der Waals surface area contributed by atoms with Crippen LogP contribution >= 0.6 is 11.6 Å². The molecule has 0 saturated heterocycles. The number of carbonyl (C=O) groups is 1. The summed E-state index contributed by atoms with van der Waals surface area (Å²) < 4.78 is 0. The zero-order valence-electron chi connectivity index (χ0n) is 11.2. The number of pyridine rings is 1. The minimum atomic E-state index is -0.323. The number of nitriles is 1. The number of aromatic nitrogens is 1. The molecule has 0 spiro atoms. The van der Waals surface area contributed by atoms with Crippen molar-refractivity contribution in [1.82, 2.24) is 4.98 Å². The Morgan fingerprint density at radius 1 is 1.48 bits per heavy atom. The first-order valence-electron chi connectivity index (χ1n) is 5.97. The maximum Gasteiger partial charge on any atom is 0.259 e. The number of amides is 1. The van der Waals surface area contributed by atoms with Crippen molar-refractivity contribution < 1.29 is 4.79 Å². The van der Waals surface area contributed by atoms with E-state index in [0.717, 1.165) is 0 Å². The van der Waals surface area contributed by atoms with Crippen LogP contribution in [0.2, 0.25) is 5.02 Å². The van der Waals surface area contributed by atoms with E-state index in [1.807, 2.05) is 0 Å². The van der Waals surface area contributed by atoms with Gasteiger partial charge >= 0.3 is 0 Å². The number of hydrazine groups is 1. The number of nitrogen functional groups attached to an aromatic ring is 1. The van der Waals surface area contributed by atoms with Gasteiger partial charge in [0.1, 0.15) is 6.07 Å². The van der Waals surface area contributed by atoms with E-state index in [1.165, 1.54) is 17.2 Å². The number of hydrogen-bond acceptors (Lipinski definition) is 5. The van der Waals surface area contributed by atoms with Crippen molar-refractivity contribution in [3.8, 4) is 6.07 Å². The molecule has 106 valence electrons. The third-order valence-electron chi connectivity index (χ3n) is 2.92. The largest absolute Gasteiger partial charge is 0.310 e. The quantitative estimate of drug-likeness (QED) is 0.669. The molecule has 0 aliphatic carbocycles. The highest BCUT2D eigenvalue weighted by molar-refractivity contribution is 6.33. The van der Waals surface area contributed by atoms with Crippen LogP contribution in [0.4, 0.5) is 11.5 Å². The average Bonchev–Trinajstić information content (AvgIpc) is 2.53.